The van der Waals surface area contributed by atoms with Crippen molar-refractivity contribution in [3.63, 3.8) is 0 Å². The van der Waals surface area contributed by atoms with Crippen LogP contribution in [0.4, 0.5) is 37.8 Å². The zero-order chi connectivity index (χ0) is 30.2. The summed E-state index contributed by atoms with van der Waals surface area (Å²) in [5.74, 6) is 0.189. The maximum atomic E-state index is 13.3. The first-order chi connectivity index (χ1) is 19.1. The molecule has 1 amide bonds. The molecule has 3 radical (unpaired) electrons. The van der Waals surface area contributed by atoms with Gasteiger partial charge >= 0.3 is 12.4 Å². The molecule has 2 aliphatic heterocycles. The second-order valence-electron chi connectivity index (χ2n) is 10.0. The van der Waals surface area contributed by atoms with E-state index >= 15 is 0 Å². The lowest BCUT2D eigenvalue weighted by Crippen LogP contribution is -2.56. The molecule has 2 atom stereocenters. The van der Waals surface area contributed by atoms with E-state index in [2.05, 4.69) is 25.6 Å². The molecule has 0 unspecified atom stereocenters. The third kappa shape index (κ3) is 7.18. The number of ether oxygens (including phenoxy) is 2. The summed E-state index contributed by atoms with van der Waals surface area (Å²) in [6.45, 7) is 3.70. The van der Waals surface area contributed by atoms with Crippen LogP contribution in [0, 0.1) is 6.92 Å². The highest BCUT2D eigenvalue weighted by molar-refractivity contribution is 6.16. The van der Waals surface area contributed by atoms with Crippen molar-refractivity contribution < 1.29 is 40.6 Å². The number of nitrogens with one attached hydrogen (secondary N) is 2. The van der Waals surface area contributed by atoms with Crippen molar-refractivity contribution in [2.75, 3.05) is 49.7 Å². The average Bonchev–Trinajstić information content (AvgIpc) is 3.02. The minimum absolute atomic E-state index is 0.0148. The Balaban J connectivity index is 1.31. The predicted octanol–water partition coefficient (Wildman–Crippen LogP) is 2.46. The van der Waals surface area contributed by atoms with Gasteiger partial charge in [0.2, 0.25) is 5.91 Å². The Hall–Kier alpha value is -3.18. The van der Waals surface area contributed by atoms with Gasteiger partial charge in [-0.1, -0.05) is 0 Å². The van der Waals surface area contributed by atoms with Crippen LogP contribution < -0.4 is 15.8 Å². The molecular formula is C24H27F6N6O4Si. The number of alkyl halides is 6. The highest BCUT2D eigenvalue weighted by Gasteiger charge is 2.39. The number of nitrogens with zero attached hydrogens (tertiary/aromatic N) is 4. The van der Waals surface area contributed by atoms with Crippen LogP contribution >= 0.6 is 0 Å². The Bertz CT molecular complexity index is 1340. The summed E-state index contributed by atoms with van der Waals surface area (Å²) in [6.07, 6.45) is -8.62. The van der Waals surface area contributed by atoms with Gasteiger partial charge in [0, 0.05) is 30.4 Å². The molecule has 2 aromatic rings. The fourth-order valence-corrected chi connectivity index (χ4v) is 5.02. The fraction of sp³-hybridized carbons (Fsp3) is 0.583. The first-order valence-electron chi connectivity index (χ1n) is 12.5. The summed E-state index contributed by atoms with van der Waals surface area (Å²) < 4.78 is 91.1. The van der Waals surface area contributed by atoms with Crippen LogP contribution in [0.15, 0.2) is 17.1 Å². The van der Waals surface area contributed by atoms with Crippen LogP contribution in [0.25, 0.3) is 0 Å². The molecule has 0 spiro atoms. The molecule has 41 heavy (non-hydrogen) atoms. The SMILES string of the molecule is Cc1nc2c(cc1C(F)(F)F)COC[C@H]1CN(C(=O)CCOC[C@](C)([Si])Nc3cn[nH]c(=O)c3C(F)(F)F)CCN21. The molecule has 17 heteroatoms. The Kier molecular flexibility index (Phi) is 8.70. The number of aromatic amines is 1. The third-order valence-electron chi connectivity index (χ3n) is 6.65. The highest BCUT2D eigenvalue weighted by Crippen LogP contribution is 2.36. The van der Waals surface area contributed by atoms with E-state index in [0.29, 0.717) is 24.5 Å². The molecule has 1 saturated heterocycles. The largest absolute Gasteiger partial charge is 0.423 e. The number of carbonyl (C=O) groups is 1. The molecule has 0 aromatic carbocycles. The van der Waals surface area contributed by atoms with E-state index in [9.17, 15) is 35.9 Å². The first kappa shape index (κ1) is 30.8. The van der Waals surface area contributed by atoms with E-state index < -0.39 is 39.9 Å². The van der Waals surface area contributed by atoms with Gasteiger partial charge in [-0.05, 0) is 19.9 Å². The number of fused-ring (bicyclic) bond motifs is 3. The van der Waals surface area contributed by atoms with Gasteiger partial charge in [-0.2, -0.15) is 31.4 Å². The summed E-state index contributed by atoms with van der Waals surface area (Å²) in [6, 6.07) is 0.760. The van der Waals surface area contributed by atoms with Crippen molar-refractivity contribution in [2.45, 2.75) is 50.4 Å². The molecule has 0 aliphatic carbocycles. The number of anilines is 2. The number of hydrogen-bond acceptors (Lipinski definition) is 8. The topological polar surface area (TPSA) is 113 Å². The number of H-pyrrole nitrogens is 1. The Morgan fingerprint density at radius 2 is 1.98 bits per heavy atom. The van der Waals surface area contributed by atoms with E-state index in [1.165, 1.54) is 13.8 Å². The number of pyridine rings is 1. The van der Waals surface area contributed by atoms with Crippen LogP contribution in [-0.2, 0) is 33.2 Å². The Morgan fingerprint density at radius 3 is 2.66 bits per heavy atom. The molecule has 4 heterocycles. The van der Waals surface area contributed by atoms with Gasteiger partial charge in [0.25, 0.3) is 5.56 Å². The lowest BCUT2D eigenvalue weighted by molar-refractivity contribution is -0.139. The van der Waals surface area contributed by atoms with Gasteiger partial charge in [-0.3, -0.25) is 9.59 Å². The molecule has 0 saturated carbocycles. The maximum absolute atomic E-state index is 13.3. The van der Waals surface area contributed by atoms with E-state index in [1.807, 2.05) is 4.90 Å². The van der Waals surface area contributed by atoms with Gasteiger partial charge < -0.3 is 24.6 Å². The second kappa shape index (κ2) is 11.6. The molecule has 4 rings (SSSR count). The highest BCUT2D eigenvalue weighted by atomic mass is 28.1. The molecule has 0 bridgehead atoms. The van der Waals surface area contributed by atoms with Crippen LogP contribution in [-0.4, -0.2) is 86.9 Å². The predicted molar refractivity (Wildman–Crippen MR) is 134 cm³/mol. The molecular weight excluding hydrogens is 578 g/mol. The van der Waals surface area contributed by atoms with Crippen LogP contribution in [0.5, 0.6) is 0 Å². The number of piperazine rings is 1. The fourth-order valence-electron chi connectivity index (χ4n) is 4.79. The maximum Gasteiger partial charge on any atom is 0.423 e. The minimum atomic E-state index is -4.91. The van der Waals surface area contributed by atoms with Crippen molar-refractivity contribution >= 4 is 27.7 Å². The number of aromatic nitrogens is 3. The molecule has 223 valence electrons. The number of halogens is 6. The van der Waals surface area contributed by atoms with E-state index in [-0.39, 0.29) is 57.0 Å². The van der Waals surface area contributed by atoms with Crippen molar-refractivity contribution in [2.24, 2.45) is 0 Å². The monoisotopic (exact) mass is 605 g/mol. The number of hydrogen-bond donors (Lipinski definition) is 2. The van der Waals surface area contributed by atoms with Crippen molar-refractivity contribution in [1.82, 2.24) is 20.1 Å². The Labute approximate surface area is 233 Å². The summed E-state index contributed by atoms with van der Waals surface area (Å²) in [7, 11) is 3.30. The zero-order valence-electron chi connectivity index (χ0n) is 22.1. The smallest absolute Gasteiger partial charge is 0.379 e. The summed E-state index contributed by atoms with van der Waals surface area (Å²) in [5, 5.41) is 6.48. The standard InChI is InChI=1S/C24H27F6N6O4Si/c1-13-16(23(25,26)27)7-14-10-40-11-15-9-35(4-5-36(15)20(14)32-13)18(37)3-6-39-12-22(2,41)33-17-8-31-34-21(38)19(17)24(28,29)30/h7-8,15H,3-6,9-12H2,1-2H3,(H2,33,34,38)/t15-,22+/m1/s1. The lowest BCUT2D eigenvalue weighted by Gasteiger charge is -2.41. The number of rotatable bonds is 7. The lowest BCUT2D eigenvalue weighted by atomic mass is 10.1. The van der Waals surface area contributed by atoms with E-state index in [1.54, 1.807) is 10.00 Å². The van der Waals surface area contributed by atoms with Gasteiger partial charge in [-0.25, -0.2) is 10.1 Å². The summed E-state index contributed by atoms with van der Waals surface area (Å²) >= 11 is 0. The van der Waals surface area contributed by atoms with Crippen molar-refractivity contribution in [3.05, 3.63) is 45.0 Å². The van der Waals surface area contributed by atoms with Gasteiger partial charge in [0.1, 0.15) is 11.4 Å². The first-order valence-corrected chi connectivity index (χ1v) is 13.0. The van der Waals surface area contributed by atoms with Crippen molar-refractivity contribution in [3.8, 4) is 0 Å². The van der Waals surface area contributed by atoms with Crippen molar-refractivity contribution in [1.29, 1.82) is 0 Å². The molecule has 1 fully saturated rings. The quantitative estimate of drug-likeness (QED) is 0.281. The van der Waals surface area contributed by atoms with Crippen LogP contribution in [0.1, 0.15) is 35.7 Å². The Morgan fingerprint density at radius 1 is 1.24 bits per heavy atom. The summed E-state index contributed by atoms with van der Waals surface area (Å²) in [4.78, 5) is 32.3. The summed E-state index contributed by atoms with van der Waals surface area (Å²) in [5.41, 5.74) is -3.97. The second-order valence-corrected chi connectivity index (χ2v) is 11.2. The molecule has 2 aliphatic rings. The van der Waals surface area contributed by atoms with Crippen LogP contribution in [0.3, 0.4) is 0 Å². The third-order valence-corrected chi connectivity index (χ3v) is 6.92. The number of amides is 1. The van der Waals surface area contributed by atoms with Gasteiger partial charge in [-0.15, -0.1) is 0 Å². The van der Waals surface area contributed by atoms with E-state index in [0.717, 1.165) is 12.3 Å². The van der Waals surface area contributed by atoms with Gasteiger partial charge in [0.05, 0.1) is 72.3 Å². The normalized spacial score (nSPS) is 19.2. The van der Waals surface area contributed by atoms with Gasteiger partial charge in [0.15, 0.2) is 0 Å². The molecule has 10 nitrogen and oxygen atoms in total. The number of carbonyl (C=O) groups excluding carboxylic acids is 1. The van der Waals surface area contributed by atoms with Crippen LogP contribution in [0.2, 0.25) is 0 Å². The minimum Gasteiger partial charge on any atom is -0.379 e. The average molecular weight is 606 g/mol. The zero-order valence-corrected chi connectivity index (χ0v) is 23.1. The van der Waals surface area contributed by atoms with E-state index in [4.69, 9.17) is 9.47 Å². The number of aryl methyl sites for hydroxylation is 1. The molecule has 2 N–H and O–H groups in total. The molecule has 2 aromatic heterocycles.